The molecule has 0 unspecified atom stereocenters. The summed E-state index contributed by atoms with van der Waals surface area (Å²) in [5.74, 6) is 0.624. The predicted molar refractivity (Wildman–Crippen MR) is 87.1 cm³/mol. The van der Waals surface area contributed by atoms with Gasteiger partial charge in [0.2, 0.25) is 0 Å². The number of nitrogens with one attached hydrogen (secondary N) is 1. The van der Waals surface area contributed by atoms with Crippen LogP contribution in [-0.4, -0.2) is 48.1 Å². The van der Waals surface area contributed by atoms with Crippen molar-refractivity contribution in [2.75, 3.05) is 25.0 Å². The average Bonchev–Trinajstić information content (AvgIpc) is 3.06. The lowest BCUT2D eigenvalue weighted by Crippen LogP contribution is -2.64. The van der Waals surface area contributed by atoms with Crippen LogP contribution < -0.4 is 5.32 Å². The first kappa shape index (κ1) is 13.0. The molecule has 23 heavy (non-hydrogen) atoms. The summed E-state index contributed by atoms with van der Waals surface area (Å²) in [6.07, 6.45) is 3.93. The van der Waals surface area contributed by atoms with Gasteiger partial charge in [0.15, 0.2) is 6.29 Å². The summed E-state index contributed by atoms with van der Waals surface area (Å²) in [5.41, 5.74) is 4.39. The zero-order valence-electron chi connectivity index (χ0n) is 13.1. The van der Waals surface area contributed by atoms with Crippen LogP contribution in [0.25, 0.3) is 0 Å². The van der Waals surface area contributed by atoms with E-state index in [1.54, 1.807) is 0 Å². The number of piperidine rings is 1. The number of rotatable bonds is 0. The molecule has 120 valence electrons. The summed E-state index contributed by atoms with van der Waals surface area (Å²) in [4.78, 5) is 2.69. The molecule has 1 aromatic rings. The maximum atomic E-state index is 10.8. The number of aliphatic hydroxyl groups is 1. The fourth-order valence-corrected chi connectivity index (χ4v) is 6.45. The first-order valence-corrected chi connectivity index (χ1v) is 8.88. The fraction of sp³-hybridized carbons (Fsp3) is 0.579. The zero-order chi connectivity index (χ0) is 15.2. The van der Waals surface area contributed by atoms with Gasteiger partial charge in [-0.3, -0.25) is 4.90 Å². The number of benzene rings is 1. The van der Waals surface area contributed by atoms with E-state index in [0.717, 1.165) is 6.54 Å². The highest BCUT2D eigenvalue weighted by atomic mass is 16.6. The van der Waals surface area contributed by atoms with E-state index in [1.165, 1.54) is 36.2 Å². The fourth-order valence-electron chi connectivity index (χ4n) is 6.45. The second-order valence-electron chi connectivity index (χ2n) is 7.87. The van der Waals surface area contributed by atoms with E-state index in [4.69, 9.17) is 4.74 Å². The van der Waals surface area contributed by atoms with Gasteiger partial charge in [0.1, 0.15) is 0 Å². The molecule has 4 aliphatic heterocycles. The van der Waals surface area contributed by atoms with Gasteiger partial charge in [0.05, 0.1) is 6.61 Å². The van der Waals surface area contributed by atoms with Gasteiger partial charge in [0, 0.05) is 35.6 Å². The van der Waals surface area contributed by atoms with Crippen LogP contribution in [0.1, 0.15) is 18.4 Å². The van der Waals surface area contributed by atoms with Gasteiger partial charge in [-0.05, 0) is 36.9 Å². The third kappa shape index (κ3) is 1.40. The number of ether oxygens (including phenoxy) is 1. The second-order valence-corrected chi connectivity index (χ2v) is 7.87. The minimum atomic E-state index is -0.662. The molecule has 3 fully saturated rings. The molecule has 1 aromatic carbocycles. The van der Waals surface area contributed by atoms with Crippen molar-refractivity contribution < 1.29 is 9.84 Å². The third-order valence-electron chi connectivity index (χ3n) is 7.27. The maximum absolute atomic E-state index is 10.8. The van der Waals surface area contributed by atoms with E-state index in [2.05, 4.69) is 40.6 Å². The summed E-state index contributed by atoms with van der Waals surface area (Å²) in [6, 6.07) is 9.68. The van der Waals surface area contributed by atoms with Gasteiger partial charge in [-0.15, -0.1) is 0 Å². The van der Waals surface area contributed by atoms with Crippen molar-refractivity contribution in [2.24, 2.45) is 11.8 Å². The first-order valence-electron chi connectivity index (χ1n) is 8.88. The van der Waals surface area contributed by atoms with Crippen LogP contribution in [-0.2, 0) is 10.2 Å². The highest BCUT2D eigenvalue weighted by Crippen LogP contribution is 2.62. The number of anilines is 1. The van der Waals surface area contributed by atoms with Crippen molar-refractivity contribution in [2.45, 2.75) is 36.6 Å². The summed E-state index contributed by atoms with van der Waals surface area (Å²) in [7, 11) is 0. The van der Waals surface area contributed by atoms with Crippen molar-refractivity contribution >= 4 is 5.69 Å². The van der Waals surface area contributed by atoms with E-state index in [0.29, 0.717) is 18.6 Å². The Morgan fingerprint density at radius 1 is 1.30 bits per heavy atom. The molecule has 4 heterocycles. The molecule has 0 aromatic heterocycles. The van der Waals surface area contributed by atoms with E-state index >= 15 is 0 Å². The molecule has 2 N–H and O–H groups in total. The lowest BCUT2D eigenvalue weighted by atomic mass is 9.55. The van der Waals surface area contributed by atoms with Crippen LogP contribution in [0.3, 0.4) is 0 Å². The summed E-state index contributed by atoms with van der Waals surface area (Å²) < 4.78 is 5.75. The number of fused-ring (bicyclic) bond motifs is 2. The molecule has 1 spiro atoms. The molecule has 1 aliphatic carbocycles. The Balaban J connectivity index is 1.59. The molecule has 4 heteroatoms. The molecule has 2 saturated heterocycles. The SMILES string of the molecule is O[C@@H]1OCC=C2CN3CC[C@]45c6ccccc6N[C@@H]4[C@@H]1[C@H]2C[C@@H]35. The maximum Gasteiger partial charge on any atom is 0.160 e. The van der Waals surface area contributed by atoms with Gasteiger partial charge in [0.25, 0.3) is 0 Å². The van der Waals surface area contributed by atoms with Crippen LogP contribution in [0.15, 0.2) is 35.9 Å². The average molecular weight is 310 g/mol. The lowest BCUT2D eigenvalue weighted by Gasteiger charge is -2.55. The largest absolute Gasteiger partial charge is 0.381 e. The van der Waals surface area contributed by atoms with Crippen LogP contribution in [0.2, 0.25) is 0 Å². The molecule has 0 radical (unpaired) electrons. The van der Waals surface area contributed by atoms with Gasteiger partial charge >= 0.3 is 0 Å². The Bertz CT molecular complexity index is 717. The van der Waals surface area contributed by atoms with E-state index in [1.807, 2.05) is 0 Å². The molecule has 0 amide bonds. The van der Waals surface area contributed by atoms with Crippen molar-refractivity contribution in [1.82, 2.24) is 4.90 Å². The van der Waals surface area contributed by atoms with Gasteiger partial charge in [-0.1, -0.05) is 29.8 Å². The molecule has 6 atom stereocenters. The predicted octanol–water partition coefficient (Wildman–Crippen LogP) is 1.72. The minimum Gasteiger partial charge on any atom is -0.381 e. The highest BCUT2D eigenvalue weighted by molar-refractivity contribution is 5.65. The summed E-state index contributed by atoms with van der Waals surface area (Å²) in [6.45, 7) is 2.79. The van der Waals surface area contributed by atoms with E-state index < -0.39 is 6.29 Å². The van der Waals surface area contributed by atoms with Crippen molar-refractivity contribution in [1.29, 1.82) is 0 Å². The molecule has 1 saturated carbocycles. The number of nitrogens with zero attached hydrogens (tertiary/aromatic N) is 1. The van der Waals surface area contributed by atoms with Gasteiger partial charge in [-0.25, -0.2) is 0 Å². The number of para-hydroxylation sites is 1. The van der Waals surface area contributed by atoms with Crippen LogP contribution in [0, 0.1) is 11.8 Å². The monoisotopic (exact) mass is 310 g/mol. The Kier molecular flexibility index (Phi) is 2.36. The number of aliphatic hydroxyl groups excluding tert-OH is 1. The summed E-state index contributed by atoms with van der Waals surface area (Å²) >= 11 is 0. The molecule has 2 bridgehead atoms. The molecular formula is C19H22N2O2. The molecule has 6 rings (SSSR count). The molecule has 4 nitrogen and oxygen atoms in total. The standard InChI is InChI=1S/C19H22N2O2/c22-18-16-12-9-15-19(6-7-21(15)10-11(12)5-8-23-18)13-3-1-2-4-14(13)20-17(16)19/h1-5,12,15-18,20,22H,6-10H2/t12-,15+,16-,17+,18+,19+/m0/s1. The highest BCUT2D eigenvalue weighted by Gasteiger charge is 2.66. The smallest absolute Gasteiger partial charge is 0.160 e. The van der Waals surface area contributed by atoms with E-state index in [-0.39, 0.29) is 17.4 Å². The lowest BCUT2D eigenvalue weighted by molar-refractivity contribution is -0.152. The van der Waals surface area contributed by atoms with Crippen LogP contribution in [0.5, 0.6) is 0 Å². The minimum absolute atomic E-state index is 0.151. The van der Waals surface area contributed by atoms with Gasteiger partial charge < -0.3 is 15.2 Å². The van der Waals surface area contributed by atoms with Crippen LogP contribution in [0.4, 0.5) is 5.69 Å². The molecular weight excluding hydrogens is 288 g/mol. The van der Waals surface area contributed by atoms with Crippen LogP contribution >= 0.6 is 0 Å². The Morgan fingerprint density at radius 2 is 2.22 bits per heavy atom. The quantitative estimate of drug-likeness (QED) is 0.716. The van der Waals surface area contributed by atoms with Crippen molar-refractivity contribution in [3.63, 3.8) is 0 Å². The third-order valence-corrected chi connectivity index (χ3v) is 7.27. The normalized spacial score (nSPS) is 46.5. The number of hydrogen-bond donors (Lipinski definition) is 2. The number of hydrogen-bond acceptors (Lipinski definition) is 4. The topological polar surface area (TPSA) is 44.7 Å². The van der Waals surface area contributed by atoms with E-state index in [9.17, 15) is 5.11 Å². The second kappa shape index (κ2) is 4.18. The molecule has 5 aliphatic rings. The Morgan fingerprint density at radius 3 is 3.17 bits per heavy atom. The first-order chi connectivity index (χ1) is 11.3. The zero-order valence-corrected chi connectivity index (χ0v) is 13.1. The van der Waals surface area contributed by atoms with Crippen molar-refractivity contribution in [3.8, 4) is 0 Å². The van der Waals surface area contributed by atoms with Crippen molar-refractivity contribution in [3.05, 3.63) is 41.5 Å². The Labute approximate surface area is 136 Å². The van der Waals surface area contributed by atoms with Gasteiger partial charge in [-0.2, -0.15) is 0 Å². The Hall–Kier alpha value is -1.36. The summed E-state index contributed by atoms with van der Waals surface area (Å²) in [5, 5.41) is 14.6.